The lowest BCUT2D eigenvalue weighted by atomic mass is 10.1. The molecule has 0 radical (unpaired) electrons. The van der Waals surface area contributed by atoms with Crippen molar-refractivity contribution < 1.29 is 14.3 Å². The largest absolute Gasteiger partial charge is 0.478 e. The lowest BCUT2D eigenvalue weighted by molar-refractivity contribution is 0.0698. The van der Waals surface area contributed by atoms with Crippen molar-refractivity contribution in [2.45, 2.75) is 0 Å². The molecule has 0 aliphatic heterocycles. The molecule has 4 aromatic rings. The Morgan fingerprint density at radius 2 is 2.08 bits per heavy atom. The van der Waals surface area contributed by atoms with Gasteiger partial charge in [-0.05, 0) is 30.3 Å². The van der Waals surface area contributed by atoms with E-state index in [1.54, 1.807) is 36.0 Å². The highest BCUT2D eigenvalue weighted by molar-refractivity contribution is 7.13. The quantitative estimate of drug-likeness (QED) is 0.559. The number of hydrogen-bond donors (Lipinski definition) is 2. The number of aromatic nitrogens is 3. The van der Waals surface area contributed by atoms with Crippen molar-refractivity contribution in [3.05, 3.63) is 65.6 Å². The average molecular weight is 366 g/mol. The standard InChI is InChI=1S/C18H11FN4O2S/c19-11-2-1-3-12(7-11)22-18-21-9-10-6-13(16-20-4-5-26-16)14(17(24)25)8-15(10)23-18/h1-9H,(H,24,25)(H,21,22,23). The van der Waals surface area contributed by atoms with Crippen LogP contribution in [0.3, 0.4) is 0 Å². The maximum atomic E-state index is 13.3. The van der Waals surface area contributed by atoms with Crippen molar-refractivity contribution in [2.75, 3.05) is 5.32 Å². The number of nitrogens with zero attached hydrogens (tertiary/aromatic N) is 3. The van der Waals surface area contributed by atoms with Gasteiger partial charge in [0.25, 0.3) is 0 Å². The van der Waals surface area contributed by atoms with Crippen LogP contribution in [0.4, 0.5) is 16.0 Å². The number of benzene rings is 2. The maximum absolute atomic E-state index is 13.3. The summed E-state index contributed by atoms with van der Waals surface area (Å²) in [5.41, 5.74) is 1.61. The van der Waals surface area contributed by atoms with Crippen LogP contribution in [0.2, 0.25) is 0 Å². The zero-order valence-electron chi connectivity index (χ0n) is 13.2. The third-order valence-corrected chi connectivity index (χ3v) is 4.50. The van der Waals surface area contributed by atoms with E-state index >= 15 is 0 Å². The highest BCUT2D eigenvalue weighted by atomic mass is 32.1. The van der Waals surface area contributed by atoms with Crippen molar-refractivity contribution >= 4 is 39.8 Å². The normalized spacial score (nSPS) is 10.8. The lowest BCUT2D eigenvalue weighted by Gasteiger charge is -2.08. The molecule has 0 amide bonds. The van der Waals surface area contributed by atoms with Gasteiger partial charge in [-0.1, -0.05) is 6.07 Å². The number of halogens is 1. The van der Waals surface area contributed by atoms with Gasteiger partial charge in [0, 0.05) is 34.4 Å². The molecule has 2 heterocycles. The minimum atomic E-state index is -1.06. The van der Waals surface area contributed by atoms with Gasteiger partial charge in [-0.2, -0.15) is 0 Å². The van der Waals surface area contributed by atoms with Crippen LogP contribution in [0.15, 0.2) is 54.2 Å². The minimum absolute atomic E-state index is 0.114. The molecule has 0 aliphatic rings. The summed E-state index contributed by atoms with van der Waals surface area (Å²) >= 11 is 1.36. The Hall–Kier alpha value is -3.39. The zero-order valence-corrected chi connectivity index (χ0v) is 14.0. The van der Waals surface area contributed by atoms with Crippen molar-refractivity contribution in [3.8, 4) is 10.6 Å². The average Bonchev–Trinajstić information content (AvgIpc) is 3.15. The first-order chi connectivity index (χ1) is 12.6. The summed E-state index contributed by atoms with van der Waals surface area (Å²) < 4.78 is 13.3. The molecule has 26 heavy (non-hydrogen) atoms. The smallest absolute Gasteiger partial charge is 0.336 e. The first kappa shape index (κ1) is 16.1. The second-order valence-electron chi connectivity index (χ2n) is 5.43. The fourth-order valence-electron chi connectivity index (χ4n) is 2.54. The first-order valence-electron chi connectivity index (χ1n) is 7.57. The molecule has 8 heteroatoms. The van der Waals surface area contributed by atoms with E-state index in [1.165, 1.54) is 29.5 Å². The topological polar surface area (TPSA) is 88.0 Å². The number of hydrogen-bond acceptors (Lipinski definition) is 6. The summed E-state index contributed by atoms with van der Waals surface area (Å²) in [5.74, 6) is -1.19. The van der Waals surface area contributed by atoms with Crippen LogP contribution < -0.4 is 5.32 Å². The number of nitrogens with one attached hydrogen (secondary N) is 1. The van der Waals surface area contributed by atoms with E-state index in [0.717, 1.165) is 0 Å². The molecule has 128 valence electrons. The molecular formula is C18H11FN4O2S. The van der Waals surface area contributed by atoms with Gasteiger partial charge >= 0.3 is 5.97 Å². The van der Waals surface area contributed by atoms with Gasteiger partial charge in [0.2, 0.25) is 5.95 Å². The van der Waals surface area contributed by atoms with Crippen LogP contribution in [0.25, 0.3) is 21.5 Å². The molecule has 0 fully saturated rings. The highest BCUT2D eigenvalue weighted by Crippen LogP contribution is 2.30. The number of carboxylic acid groups (broad SMARTS) is 1. The number of aromatic carboxylic acids is 1. The Labute approximate surface area is 151 Å². The Bertz CT molecular complexity index is 1120. The molecule has 2 aromatic heterocycles. The third kappa shape index (κ3) is 3.09. The van der Waals surface area contributed by atoms with E-state index in [4.69, 9.17) is 0 Å². The van der Waals surface area contributed by atoms with Gasteiger partial charge in [0.05, 0.1) is 11.1 Å². The minimum Gasteiger partial charge on any atom is -0.478 e. The molecule has 6 nitrogen and oxygen atoms in total. The van der Waals surface area contributed by atoms with Gasteiger partial charge in [-0.3, -0.25) is 0 Å². The number of rotatable bonds is 4. The van der Waals surface area contributed by atoms with Crippen LogP contribution in [0.1, 0.15) is 10.4 Å². The van der Waals surface area contributed by atoms with Crippen LogP contribution in [-0.4, -0.2) is 26.0 Å². The molecule has 0 spiro atoms. The molecule has 0 saturated heterocycles. The Morgan fingerprint density at radius 3 is 2.81 bits per heavy atom. The summed E-state index contributed by atoms with van der Waals surface area (Å²) in [6.07, 6.45) is 3.21. The predicted octanol–water partition coefficient (Wildman–Crippen LogP) is 4.33. The lowest BCUT2D eigenvalue weighted by Crippen LogP contribution is -2.02. The maximum Gasteiger partial charge on any atom is 0.336 e. The fourth-order valence-corrected chi connectivity index (χ4v) is 3.21. The predicted molar refractivity (Wildman–Crippen MR) is 97.3 cm³/mol. The van der Waals surface area contributed by atoms with Crippen LogP contribution in [0, 0.1) is 5.82 Å². The van der Waals surface area contributed by atoms with Crippen LogP contribution in [-0.2, 0) is 0 Å². The van der Waals surface area contributed by atoms with E-state index in [1.807, 2.05) is 0 Å². The van der Waals surface area contributed by atoms with E-state index in [2.05, 4.69) is 20.3 Å². The fraction of sp³-hybridized carbons (Fsp3) is 0. The molecule has 4 rings (SSSR count). The van der Waals surface area contributed by atoms with Crippen molar-refractivity contribution in [3.63, 3.8) is 0 Å². The van der Waals surface area contributed by atoms with Gasteiger partial charge in [-0.25, -0.2) is 24.1 Å². The molecule has 0 unspecified atom stereocenters. The van der Waals surface area contributed by atoms with E-state index in [0.29, 0.717) is 27.2 Å². The zero-order chi connectivity index (χ0) is 18.1. The molecule has 2 N–H and O–H groups in total. The molecule has 0 bridgehead atoms. The van der Waals surface area contributed by atoms with Gasteiger partial charge in [0.15, 0.2) is 0 Å². The summed E-state index contributed by atoms with van der Waals surface area (Å²) in [4.78, 5) is 24.4. The van der Waals surface area contributed by atoms with Crippen LogP contribution >= 0.6 is 11.3 Å². The van der Waals surface area contributed by atoms with Crippen molar-refractivity contribution in [2.24, 2.45) is 0 Å². The van der Waals surface area contributed by atoms with Crippen molar-refractivity contribution in [1.82, 2.24) is 15.0 Å². The molecule has 2 aromatic carbocycles. The SMILES string of the molecule is O=C(O)c1cc2nc(Nc3cccc(F)c3)ncc2cc1-c1nccs1. The number of anilines is 2. The number of thiazole rings is 1. The van der Waals surface area contributed by atoms with Gasteiger partial charge in [-0.15, -0.1) is 11.3 Å². The Morgan fingerprint density at radius 1 is 1.19 bits per heavy atom. The number of carboxylic acids is 1. The number of carbonyl (C=O) groups is 1. The van der Waals surface area contributed by atoms with E-state index in [-0.39, 0.29) is 17.3 Å². The van der Waals surface area contributed by atoms with Crippen LogP contribution in [0.5, 0.6) is 0 Å². The monoisotopic (exact) mass is 366 g/mol. The number of fused-ring (bicyclic) bond motifs is 1. The second kappa shape index (κ2) is 6.49. The third-order valence-electron chi connectivity index (χ3n) is 3.69. The van der Waals surface area contributed by atoms with Gasteiger partial charge < -0.3 is 10.4 Å². The summed E-state index contributed by atoms with van der Waals surface area (Å²) in [6.45, 7) is 0. The summed E-state index contributed by atoms with van der Waals surface area (Å²) in [7, 11) is 0. The Balaban J connectivity index is 1.78. The Kier molecular flexibility index (Phi) is 4.02. The first-order valence-corrected chi connectivity index (χ1v) is 8.45. The molecule has 0 saturated carbocycles. The van der Waals surface area contributed by atoms with E-state index in [9.17, 15) is 14.3 Å². The highest BCUT2D eigenvalue weighted by Gasteiger charge is 2.16. The van der Waals surface area contributed by atoms with Gasteiger partial charge in [0.1, 0.15) is 10.8 Å². The molecule has 0 aliphatic carbocycles. The summed E-state index contributed by atoms with van der Waals surface area (Å²) in [5, 5.41) is 15.5. The van der Waals surface area contributed by atoms with E-state index < -0.39 is 5.97 Å². The summed E-state index contributed by atoms with van der Waals surface area (Å²) in [6, 6.07) is 9.12. The molecular weight excluding hydrogens is 355 g/mol. The van der Waals surface area contributed by atoms with Crippen molar-refractivity contribution in [1.29, 1.82) is 0 Å². The second-order valence-corrected chi connectivity index (χ2v) is 6.32. The molecule has 0 atom stereocenters.